The van der Waals surface area contributed by atoms with Gasteiger partial charge in [-0.3, -0.25) is 4.79 Å². The number of carbonyl (C=O) groups is 1. The first-order chi connectivity index (χ1) is 16.3. The summed E-state index contributed by atoms with van der Waals surface area (Å²) in [7, 11) is 0. The summed E-state index contributed by atoms with van der Waals surface area (Å²) >= 11 is 0. The summed E-state index contributed by atoms with van der Waals surface area (Å²) in [6, 6.07) is 15.4. The molecule has 2 aromatic carbocycles. The molecule has 1 amide bonds. The Hall–Kier alpha value is -4.25. The number of rotatable bonds is 5. The lowest BCUT2D eigenvalue weighted by Gasteiger charge is -2.10. The second-order valence-corrected chi connectivity index (χ2v) is 7.50. The highest BCUT2D eigenvalue weighted by Gasteiger charge is 2.30. The average Bonchev–Trinajstić information content (AvgIpc) is 3.25. The van der Waals surface area contributed by atoms with Crippen LogP contribution in [0.2, 0.25) is 0 Å². The second-order valence-electron chi connectivity index (χ2n) is 7.50. The highest BCUT2D eigenvalue weighted by atomic mass is 19.4. The summed E-state index contributed by atoms with van der Waals surface area (Å²) < 4.78 is 46.2. The number of nitrogens with one attached hydrogen (secondary N) is 1. The van der Waals surface area contributed by atoms with Crippen molar-refractivity contribution in [3.05, 3.63) is 101 Å². The zero-order chi connectivity index (χ0) is 24.1. The maximum absolute atomic E-state index is 12.8. The summed E-state index contributed by atoms with van der Waals surface area (Å²) in [5.74, 6) is 5.30. The summed E-state index contributed by atoms with van der Waals surface area (Å²) in [4.78, 5) is 17.2. The highest BCUT2D eigenvalue weighted by Crippen LogP contribution is 2.29. The third-order valence-corrected chi connectivity index (χ3v) is 4.99. The molecular weight excluding hydrogens is 443 g/mol. The molecule has 0 aliphatic carbocycles. The summed E-state index contributed by atoms with van der Waals surface area (Å²) in [6.45, 7) is 2.12. The molecule has 0 bridgehead atoms. The van der Waals surface area contributed by atoms with Crippen molar-refractivity contribution < 1.29 is 22.7 Å². The molecule has 0 aliphatic heterocycles. The van der Waals surface area contributed by atoms with Crippen LogP contribution in [0.15, 0.2) is 73.1 Å². The van der Waals surface area contributed by atoms with Gasteiger partial charge in [0.2, 0.25) is 0 Å². The minimum absolute atomic E-state index is 0.0326. The Morgan fingerprint density at radius 1 is 1.12 bits per heavy atom. The molecule has 5 nitrogen and oxygen atoms in total. The Balaban J connectivity index is 1.39. The van der Waals surface area contributed by atoms with Crippen LogP contribution in [0.1, 0.15) is 32.7 Å². The second kappa shape index (κ2) is 9.71. The van der Waals surface area contributed by atoms with Gasteiger partial charge in [-0.05, 0) is 48.9 Å². The Bertz CT molecular complexity index is 1400. The first kappa shape index (κ1) is 22.9. The minimum Gasteiger partial charge on any atom is -0.486 e. The van der Waals surface area contributed by atoms with E-state index in [-0.39, 0.29) is 18.7 Å². The van der Waals surface area contributed by atoms with Gasteiger partial charge < -0.3 is 14.5 Å². The lowest BCUT2D eigenvalue weighted by atomic mass is 10.1. The minimum atomic E-state index is -4.43. The van der Waals surface area contributed by atoms with Gasteiger partial charge in [0.1, 0.15) is 18.0 Å². The Kier molecular flexibility index (Phi) is 6.55. The van der Waals surface area contributed by atoms with Gasteiger partial charge in [-0.25, -0.2) is 4.98 Å². The fourth-order valence-electron chi connectivity index (χ4n) is 3.34. The Morgan fingerprint density at radius 3 is 2.74 bits per heavy atom. The van der Waals surface area contributed by atoms with Crippen molar-refractivity contribution in [3.8, 4) is 17.6 Å². The molecule has 2 heterocycles. The molecule has 0 saturated heterocycles. The number of halogens is 3. The van der Waals surface area contributed by atoms with E-state index in [2.05, 4.69) is 22.1 Å². The summed E-state index contributed by atoms with van der Waals surface area (Å²) in [5, 5.41) is 2.65. The highest BCUT2D eigenvalue weighted by molar-refractivity contribution is 5.97. The van der Waals surface area contributed by atoms with E-state index < -0.39 is 17.6 Å². The maximum Gasteiger partial charge on any atom is 0.416 e. The van der Waals surface area contributed by atoms with E-state index in [1.807, 2.05) is 35.9 Å². The number of fused-ring (bicyclic) bond motifs is 1. The van der Waals surface area contributed by atoms with Crippen molar-refractivity contribution in [2.75, 3.05) is 6.54 Å². The molecule has 1 N–H and O–H groups in total. The molecule has 0 saturated carbocycles. The van der Waals surface area contributed by atoms with Gasteiger partial charge in [0.05, 0.1) is 23.4 Å². The van der Waals surface area contributed by atoms with E-state index >= 15 is 0 Å². The van der Waals surface area contributed by atoms with E-state index in [9.17, 15) is 18.0 Å². The molecule has 0 aliphatic rings. The van der Waals surface area contributed by atoms with Crippen molar-refractivity contribution >= 4 is 11.6 Å². The average molecular weight is 463 g/mol. The van der Waals surface area contributed by atoms with Crippen LogP contribution in [-0.4, -0.2) is 21.8 Å². The standard InChI is InChI=1S/C26H20F3N3O2/c1-18-7-6-14-32-16-21(31-24(18)32)17-34-23-12-3-2-11-22(23)25(33)30-13-5-9-19-8-4-10-20(15-19)26(27,28)29/h2-4,6-8,10-12,14-16H,13,17H2,1H3,(H,30,33). The van der Waals surface area contributed by atoms with Gasteiger partial charge >= 0.3 is 6.18 Å². The number of hydrogen-bond acceptors (Lipinski definition) is 3. The van der Waals surface area contributed by atoms with Crippen molar-refractivity contribution in [1.29, 1.82) is 0 Å². The number of ether oxygens (including phenoxy) is 1. The molecule has 0 radical (unpaired) electrons. The van der Waals surface area contributed by atoms with Gasteiger partial charge in [-0.1, -0.05) is 36.1 Å². The normalized spacial score (nSPS) is 11.1. The van der Waals surface area contributed by atoms with Crippen LogP contribution in [0.25, 0.3) is 5.65 Å². The smallest absolute Gasteiger partial charge is 0.416 e. The first-order valence-corrected chi connectivity index (χ1v) is 10.4. The number of benzene rings is 2. The molecular formula is C26H20F3N3O2. The fourth-order valence-corrected chi connectivity index (χ4v) is 3.34. The quantitative estimate of drug-likeness (QED) is 0.423. The zero-order valence-corrected chi connectivity index (χ0v) is 18.2. The van der Waals surface area contributed by atoms with Crippen molar-refractivity contribution in [2.45, 2.75) is 19.7 Å². The number of nitrogens with zero attached hydrogens (tertiary/aromatic N) is 2. The van der Waals surface area contributed by atoms with Crippen LogP contribution < -0.4 is 10.1 Å². The number of aromatic nitrogens is 2. The predicted molar refractivity (Wildman–Crippen MR) is 121 cm³/mol. The molecule has 8 heteroatoms. The van der Waals surface area contributed by atoms with Gasteiger partial charge in [-0.15, -0.1) is 0 Å². The molecule has 172 valence electrons. The number of para-hydroxylation sites is 1. The van der Waals surface area contributed by atoms with E-state index in [0.29, 0.717) is 11.3 Å². The largest absolute Gasteiger partial charge is 0.486 e. The molecule has 4 aromatic rings. The van der Waals surface area contributed by atoms with E-state index in [4.69, 9.17) is 4.74 Å². The van der Waals surface area contributed by atoms with Crippen LogP contribution in [0.4, 0.5) is 13.2 Å². The van der Waals surface area contributed by atoms with Crippen LogP contribution >= 0.6 is 0 Å². The lowest BCUT2D eigenvalue weighted by Crippen LogP contribution is -2.24. The fraction of sp³-hybridized carbons (Fsp3) is 0.154. The first-order valence-electron chi connectivity index (χ1n) is 10.4. The third kappa shape index (κ3) is 5.38. The molecule has 0 atom stereocenters. The summed E-state index contributed by atoms with van der Waals surface area (Å²) in [5.41, 5.74) is 2.37. The van der Waals surface area contributed by atoms with Crippen molar-refractivity contribution in [1.82, 2.24) is 14.7 Å². The number of alkyl halides is 3. The van der Waals surface area contributed by atoms with Crippen LogP contribution in [0.3, 0.4) is 0 Å². The number of carbonyl (C=O) groups excluding carboxylic acids is 1. The predicted octanol–water partition coefficient (Wildman–Crippen LogP) is 5.02. The van der Waals surface area contributed by atoms with E-state index in [0.717, 1.165) is 29.0 Å². The van der Waals surface area contributed by atoms with Crippen LogP contribution in [-0.2, 0) is 12.8 Å². The molecule has 0 spiro atoms. The number of pyridine rings is 1. The van der Waals surface area contributed by atoms with Gasteiger partial charge in [-0.2, -0.15) is 13.2 Å². The third-order valence-electron chi connectivity index (χ3n) is 4.99. The molecule has 0 fully saturated rings. The monoisotopic (exact) mass is 463 g/mol. The van der Waals surface area contributed by atoms with E-state index in [1.54, 1.807) is 24.3 Å². The number of amides is 1. The maximum atomic E-state index is 12.8. The molecule has 2 aromatic heterocycles. The van der Waals surface area contributed by atoms with Gasteiger partial charge in [0, 0.05) is 18.0 Å². The SMILES string of the molecule is Cc1cccn2cc(COc3ccccc3C(=O)NCC#Cc3cccc(C(F)(F)F)c3)nc12. The zero-order valence-electron chi connectivity index (χ0n) is 18.2. The lowest BCUT2D eigenvalue weighted by molar-refractivity contribution is -0.137. The Morgan fingerprint density at radius 2 is 1.94 bits per heavy atom. The summed E-state index contributed by atoms with van der Waals surface area (Å²) in [6.07, 6.45) is -0.660. The molecule has 34 heavy (non-hydrogen) atoms. The topological polar surface area (TPSA) is 55.6 Å². The van der Waals surface area contributed by atoms with Crippen molar-refractivity contribution in [3.63, 3.8) is 0 Å². The van der Waals surface area contributed by atoms with Gasteiger partial charge in [0.15, 0.2) is 0 Å². The number of imidazole rings is 1. The van der Waals surface area contributed by atoms with Crippen molar-refractivity contribution in [2.24, 2.45) is 0 Å². The molecule has 4 rings (SSSR count). The number of hydrogen-bond donors (Lipinski definition) is 1. The van der Waals surface area contributed by atoms with Gasteiger partial charge in [0.25, 0.3) is 5.91 Å². The van der Waals surface area contributed by atoms with Crippen LogP contribution in [0, 0.1) is 18.8 Å². The number of aryl methyl sites for hydroxylation is 1. The molecule has 0 unspecified atom stereocenters. The van der Waals surface area contributed by atoms with E-state index in [1.165, 1.54) is 12.1 Å². The van der Waals surface area contributed by atoms with Crippen LogP contribution in [0.5, 0.6) is 5.75 Å². The Labute approximate surface area is 194 Å².